The number of para-hydroxylation sites is 1. The largest absolute Gasteiger partial charge is 0.457 e. The van der Waals surface area contributed by atoms with Crippen LogP contribution in [-0.2, 0) is 5.41 Å². The fraction of sp³-hybridized carbons (Fsp3) is 0.0244. The summed E-state index contributed by atoms with van der Waals surface area (Å²) in [5.74, 6) is -1.11. The van der Waals surface area contributed by atoms with Crippen molar-refractivity contribution in [1.82, 2.24) is 0 Å². The van der Waals surface area contributed by atoms with Crippen molar-refractivity contribution in [3.8, 4) is 44.9 Å². The van der Waals surface area contributed by atoms with Gasteiger partial charge in [0.2, 0.25) is 0 Å². The molecule has 0 fully saturated rings. The molecule has 0 aromatic heterocycles. The molecule has 2 aliphatic rings. The monoisotopic (exact) mass is 549 g/mol. The van der Waals surface area contributed by atoms with Crippen molar-refractivity contribution in [3.63, 3.8) is 0 Å². The first-order chi connectivity index (χ1) is 27.1. The van der Waals surface area contributed by atoms with Crippen molar-refractivity contribution in [2.75, 3.05) is 0 Å². The molecule has 0 amide bonds. The molecule has 0 radical (unpaired) electrons. The zero-order chi connectivity index (χ0) is 40.7. The van der Waals surface area contributed by atoms with Gasteiger partial charge in [0.15, 0.2) is 0 Å². The summed E-state index contributed by atoms with van der Waals surface area (Å²) in [6.45, 7) is 0. The Kier molecular flexibility index (Phi) is 2.74. The summed E-state index contributed by atoms with van der Waals surface area (Å²) in [6, 6.07) is 9.76. The summed E-state index contributed by atoms with van der Waals surface area (Å²) in [5.41, 5.74) is -3.37. The molecule has 7 aromatic carbocycles. The van der Waals surface area contributed by atoms with Crippen LogP contribution in [0.4, 0.5) is 0 Å². The highest BCUT2D eigenvalue weighted by molar-refractivity contribution is 6.00. The summed E-state index contributed by atoms with van der Waals surface area (Å²) in [5, 5.41) is 1.76. The first-order valence-electron chi connectivity index (χ1n) is 20.8. The number of benzene rings is 7. The maximum atomic E-state index is 10.1. The average Bonchev–Trinajstić information content (AvgIpc) is 3.52. The Balaban J connectivity index is 1.56. The van der Waals surface area contributed by atoms with Crippen LogP contribution in [0.5, 0.6) is 11.5 Å². The lowest BCUT2D eigenvalue weighted by molar-refractivity contribution is 0.436. The number of hydrogen-bond acceptors (Lipinski definition) is 1. The lowest BCUT2D eigenvalue weighted by Gasteiger charge is -2.39. The molecule has 0 N–H and O–H groups in total. The minimum Gasteiger partial charge on any atom is -0.457 e. The lowest BCUT2D eigenvalue weighted by atomic mass is 9.65. The SMILES string of the molecule is [2H]c1c([2H])c([2H])c2c(c1[2H])Oc1c([2H])c([2H])c(-c3ccccc3-c3cccc4ccccc34)c([2H])c1C21c2c([2H])c([2H])c([2H])c([2H])c2-c2c([2H])c([2H])c([2H])c([2H])c21. The van der Waals surface area contributed by atoms with E-state index in [9.17, 15) is 8.22 Å². The van der Waals surface area contributed by atoms with Crippen LogP contribution in [0.2, 0.25) is 0 Å². The van der Waals surface area contributed by atoms with E-state index in [0.29, 0.717) is 11.1 Å². The minimum absolute atomic E-state index is 0.119. The molecule has 1 nitrogen and oxygen atoms in total. The summed E-state index contributed by atoms with van der Waals surface area (Å²) in [7, 11) is 0. The second-order valence-electron chi connectivity index (χ2n) is 10.1. The third-order valence-corrected chi connectivity index (χ3v) is 8.04. The molecular weight excluding hydrogens is 508 g/mol. The third-order valence-electron chi connectivity index (χ3n) is 8.04. The number of fused-ring (bicyclic) bond motifs is 10. The van der Waals surface area contributed by atoms with Gasteiger partial charge in [-0.15, -0.1) is 0 Å². The highest BCUT2D eigenvalue weighted by Crippen LogP contribution is 2.62. The van der Waals surface area contributed by atoms with Crippen LogP contribution in [0.15, 0.2) is 157 Å². The lowest BCUT2D eigenvalue weighted by Crippen LogP contribution is -2.32. The maximum absolute atomic E-state index is 10.1. The second-order valence-corrected chi connectivity index (χ2v) is 10.1. The maximum Gasteiger partial charge on any atom is 0.132 e. The predicted octanol–water partition coefficient (Wildman–Crippen LogP) is 10.6. The van der Waals surface area contributed by atoms with Gasteiger partial charge < -0.3 is 4.74 Å². The highest BCUT2D eigenvalue weighted by atomic mass is 16.5. The molecule has 1 aliphatic heterocycles. The fourth-order valence-electron chi connectivity index (χ4n) is 6.32. The molecule has 0 saturated heterocycles. The zero-order valence-electron chi connectivity index (χ0n) is 36.8. The molecule has 0 atom stereocenters. The molecular formula is C41H26O. The van der Waals surface area contributed by atoms with Crippen molar-refractivity contribution in [2.24, 2.45) is 0 Å². The number of hydrogen-bond donors (Lipinski definition) is 0. The van der Waals surface area contributed by atoms with Gasteiger partial charge >= 0.3 is 0 Å². The van der Waals surface area contributed by atoms with Gasteiger partial charge in [0.1, 0.15) is 11.5 Å². The van der Waals surface area contributed by atoms with Gasteiger partial charge in [-0.2, -0.15) is 0 Å². The summed E-state index contributed by atoms with van der Waals surface area (Å²) in [4.78, 5) is 0. The van der Waals surface area contributed by atoms with Crippen molar-refractivity contribution in [1.29, 1.82) is 0 Å². The van der Waals surface area contributed by atoms with Crippen LogP contribution in [-0.4, -0.2) is 0 Å². The molecule has 1 aliphatic carbocycles. The quantitative estimate of drug-likeness (QED) is 0.208. The van der Waals surface area contributed by atoms with Gasteiger partial charge in [0.05, 0.1) is 26.0 Å². The summed E-state index contributed by atoms with van der Waals surface area (Å²) >= 11 is 0. The van der Waals surface area contributed by atoms with Crippen LogP contribution in [0.25, 0.3) is 44.2 Å². The van der Waals surface area contributed by atoms with E-state index in [1.807, 2.05) is 42.5 Å². The van der Waals surface area contributed by atoms with Crippen LogP contribution >= 0.6 is 0 Å². The second kappa shape index (κ2) is 8.80. The standard InChI is InChI=1S/C41H26O/c1-2-14-29-27(12-1)13-11-19-32(29)31-16-4-3-15-30(31)28-24-25-40-38(26-28)41(37-22-9-10-23-39(37)42-40)35-20-7-5-17-33(35)34-18-6-8-21-36(34)41/h1-26H/i5D,6D,7D,8D,9D,10D,17D,18D,20D,21D,22D,23D,24D,25D,26D. The van der Waals surface area contributed by atoms with Gasteiger partial charge in [-0.05, 0) is 73.4 Å². The van der Waals surface area contributed by atoms with Crippen LogP contribution < -0.4 is 4.74 Å². The Hall–Kier alpha value is -5.40. The Morgan fingerprint density at radius 2 is 1.05 bits per heavy atom. The molecule has 1 heterocycles. The molecule has 196 valence electrons. The molecule has 9 rings (SSSR count). The van der Waals surface area contributed by atoms with Gasteiger partial charge in [-0.3, -0.25) is 0 Å². The molecule has 1 spiro atoms. The number of rotatable bonds is 2. The molecule has 42 heavy (non-hydrogen) atoms. The minimum atomic E-state index is -2.53. The zero-order valence-corrected chi connectivity index (χ0v) is 21.8. The van der Waals surface area contributed by atoms with Crippen LogP contribution in [0, 0.1) is 0 Å². The van der Waals surface area contributed by atoms with Crippen LogP contribution in [0.3, 0.4) is 0 Å². The molecule has 0 bridgehead atoms. The molecule has 1 heteroatoms. The van der Waals surface area contributed by atoms with E-state index < -0.39 is 124 Å². The molecule has 0 saturated carbocycles. The van der Waals surface area contributed by atoms with Gasteiger partial charge in [-0.25, -0.2) is 0 Å². The van der Waals surface area contributed by atoms with Crippen LogP contribution in [0.1, 0.15) is 42.8 Å². The van der Waals surface area contributed by atoms with Crippen molar-refractivity contribution < 1.29 is 25.3 Å². The Morgan fingerprint density at radius 3 is 1.86 bits per heavy atom. The average molecular weight is 550 g/mol. The van der Waals surface area contributed by atoms with E-state index in [4.69, 9.17) is 17.1 Å². The predicted molar refractivity (Wildman–Crippen MR) is 172 cm³/mol. The van der Waals surface area contributed by atoms with E-state index in [2.05, 4.69) is 0 Å². The van der Waals surface area contributed by atoms with E-state index in [-0.39, 0.29) is 22.3 Å². The normalized spacial score (nSPS) is 18.6. The van der Waals surface area contributed by atoms with Crippen molar-refractivity contribution in [3.05, 3.63) is 180 Å². The van der Waals surface area contributed by atoms with Gasteiger partial charge in [0.25, 0.3) is 0 Å². The Labute approximate surface area is 266 Å². The molecule has 7 aromatic rings. The molecule has 0 unspecified atom stereocenters. The van der Waals surface area contributed by atoms with E-state index in [1.54, 1.807) is 24.3 Å². The van der Waals surface area contributed by atoms with E-state index in [0.717, 1.165) is 16.3 Å². The summed E-state index contributed by atoms with van der Waals surface area (Å²) < 4.78 is 143. The Morgan fingerprint density at radius 1 is 0.452 bits per heavy atom. The smallest absolute Gasteiger partial charge is 0.132 e. The highest BCUT2D eigenvalue weighted by Gasteiger charge is 2.50. The topological polar surface area (TPSA) is 9.23 Å². The van der Waals surface area contributed by atoms with Gasteiger partial charge in [-0.1, -0.05) is 139 Å². The first-order valence-corrected chi connectivity index (χ1v) is 13.3. The van der Waals surface area contributed by atoms with Crippen molar-refractivity contribution in [2.45, 2.75) is 5.41 Å². The first kappa shape index (κ1) is 13.1. The van der Waals surface area contributed by atoms with E-state index in [1.165, 1.54) is 0 Å². The fourth-order valence-corrected chi connectivity index (χ4v) is 6.32. The van der Waals surface area contributed by atoms with E-state index >= 15 is 0 Å². The Bertz CT molecular complexity index is 2940. The third kappa shape index (κ3) is 3.08. The number of ether oxygens (including phenoxy) is 1. The van der Waals surface area contributed by atoms with Crippen molar-refractivity contribution >= 4 is 10.8 Å². The van der Waals surface area contributed by atoms with Gasteiger partial charge in [0, 0.05) is 11.1 Å². The summed E-state index contributed by atoms with van der Waals surface area (Å²) in [6.07, 6.45) is 0.